The largest absolute Gasteiger partial charge is 0.417 e. The monoisotopic (exact) mass is 559 g/mol. The highest BCUT2D eigenvalue weighted by atomic mass is 35.5. The lowest BCUT2D eigenvalue weighted by molar-refractivity contribution is -0.137. The molecule has 206 valence electrons. The number of rotatable bonds is 8. The van der Waals surface area contributed by atoms with E-state index < -0.39 is 17.6 Å². The third kappa shape index (κ3) is 6.30. The van der Waals surface area contributed by atoms with Crippen LogP contribution in [0.4, 0.5) is 18.9 Å². The third-order valence-corrected chi connectivity index (χ3v) is 6.96. The first-order chi connectivity index (χ1) is 18.3. The molecule has 4 rings (SSSR count). The van der Waals surface area contributed by atoms with E-state index in [4.69, 9.17) is 11.6 Å². The SMILES string of the molecule is Cc1ncc(C(=O)Nc2cc(CCCC(C)C)c(Cl)c(C(F)(F)F)c2)cc1-n1cc(-c2cnn(C)c2C)nn1. The molecule has 4 aromatic rings. The van der Waals surface area contributed by atoms with E-state index in [1.165, 1.54) is 16.9 Å². The van der Waals surface area contributed by atoms with Crippen LogP contribution in [0.15, 0.2) is 36.8 Å². The van der Waals surface area contributed by atoms with Crippen molar-refractivity contribution in [1.29, 1.82) is 0 Å². The van der Waals surface area contributed by atoms with E-state index in [9.17, 15) is 18.0 Å². The molecular formula is C27H29ClF3N7O. The van der Waals surface area contributed by atoms with Gasteiger partial charge in [0.1, 0.15) is 5.69 Å². The lowest BCUT2D eigenvalue weighted by atomic mass is 10.00. The fraction of sp³-hybridized carbons (Fsp3) is 0.370. The van der Waals surface area contributed by atoms with Crippen molar-refractivity contribution in [2.45, 2.75) is 53.1 Å². The minimum absolute atomic E-state index is 0.00786. The Morgan fingerprint density at radius 1 is 1.15 bits per heavy atom. The molecule has 0 saturated heterocycles. The summed E-state index contributed by atoms with van der Waals surface area (Å²) in [7, 11) is 1.83. The summed E-state index contributed by atoms with van der Waals surface area (Å²) >= 11 is 6.13. The highest BCUT2D eigenvalue weighted by molar-refractivity contribution is 6.32. The van der Waals surface area contributed by atoms with Gasteiger partial charge in [-0.2, -0.15) is 18.3 Å². The maximum atomic E-state index is 13.7. The number of benzene rings is 1. The summed E-state index contributed by atoms with van der Waals surface area (Å²) in [5.41, 5.74) is 2.93. The molecule has 1 amide bonds. The number of halogens is 4. The van der Waals surface area contributed by atoms with Crippen molar-refractivity contribution in [2.24, 2.45) is 13.0 Å². The molecule has 12 heteroatoms. The smallest absolute Gasteiger partial charge is 0.322 e. The summed E-state index contributed by atoms with van der Waals surface area (Å²) in [6.45, 7) is 7.76. The van der Waals surface area contributed by atoms with Crippen molar-refractivity contribution in [3.05, 3.63) is 69.9 Å². The Bertz CT molecular complexity index is 1510. The number of hydrogen-bond donors (Lipinski definition) is 1. The first kappa shape index (κ1) is 28.3. The van der Waals surface area contributed by atoms with Crippen molar-refractivity contribution < 1.29 is 18.0 Å². The molecule has 1 aromatic carbocycles. The van der Waals surface area contributed by atoms with Gasteiger partial charge in [-0.15, -0.1) is 5.10 Å². The van der Waals surface area contributed by atoms with Gasteiger partial charge in [0.2, 0.25) is 0 Å². The summed E-state index contributed by atoms with van der Waals surface area (Å²) in [6.07, 6.45) is 1.98. The number of nitrogens with one attached hydrogen (secondary N) is 1. The van der Waals surface area contributed by atoms with Crippen LogP contribution in [-0.2, 0) is 19.6 Å². The van der Waals surface area contributed by atoms with Crippen LogP contribution >= 0.6 is 11.6 Å². The van der Waals surface area contributed by atoms with E-state index in [1.54, 1.807) is 30.1 Å². The van der Waals surface area contributed by atoms with Gasteiger partial charge in [0, 0.05) is 30.2 Å². The van der Waals surface area contributed by atoms with Crippen LogP contribution in [0.1, 0.15) is 59.6 Å². The van der Waals surface area contributed by atoms with E-state index in [0.717, 1.165) is 23.7 Å². The zero-order valence-corrected chi connectivity index (χ0v) is 23.0. The van der Waals surface area contributed by atoms with Crippen molar-refractivity contribution in [3.8, 4) is 16.9 Å². The number of aromatic nitrogens is 6. The fourth-order valence-corrected chi connectivity index (χ4v) is 4.49. The van der Waals surface area contributed by atoms with Gasteiger partial charge in [0.05, 0.1) is 39.9 Å². The topological polar surface area (TPSA) is 90.5 Å². The average molecular weight is 560 g/mol. The molecule has 0 saturated carbocycles. The van der Waals surface area contributed by atoms with E-state index in [2.05, 4.69) is 25.7 Å². The minimum Gasteiger partial charge on any atom is -0.322 e. The van der Waals surface area contributed by atoms with Gasteiger partial charge in [-0.1, -0.05) is 37.1 Å². The summed E-state index contributed by atoms with van der Waals surface area (Å²) in [6, 6.07) is 3.92. The zero-order chi connectivity index (χ0) is 28.5. The highest BCUT2D eigenvalue weighted by Gasteiger charge is 2.35. The summed E-state index contributed by atoms with van der Waals surface area (Å²) in [5, 5.41) is 14.9. The second-order valence-corrected chi connectivity index (χ2v) is 10.3. The van der Waals surface area contributed by atoms with Gasteiger partial charge < -0.3 is 5.32 Å². The Labute approximate surface area is 229 Å². The average Bonchev–Trinajstić information content (AvgIpc) is 3.47. The van der Waals surface area contributed by atoms with Gasteiger partial charge >= 0.3 is 6.18 Å². The number of nitrogens with zero attached hydrogens (tertiary/aromatic N) is 6. The first-order valence-electron chi connectivity index (χ1n) is 12.4. The molecule has 0 bridgehead atoms. The van der Waals surface area contributed by atoms with E-state index in [-0.39, 0.29) is 16.3 Å². The number of carbonyl (C=O) groups excluding carboxylic acids is 1. The van der Waals surface area contributed by atoms with Gasteiger partial charge in [0.15, 0.2) is 0 Å². The zero-order valence-electron chi connectivity index (χ0n) is 22.3. The number of carbonyl (C=O) groups is 1. The fourth-order valence-electron chi connectivity index (χ4n) is 4.18. The maximum absolute atomic E-state index is 13.7. The van der Waals surface area contributed by atoms with Crippen molar-refractivity contribution in [3.63, 3.8) is 0 Å². The number of aryl methyl sites for hydroxylation is 3. The van der Waals surface area contributed by atoms with E-state index in [1.807, 2.05) is 27.8 Å². The Balaban J connectivity index is 1.62. The molecule has 0 fully saturated rings. The Kier molecular flexibility index (Phi) is 8.10. The standard InChI is InChI=1S/C27H29ClF3N7O/c1-15(2)7-6-8-18-9-20(11-22(25(18)28)27(29,30)31)34-26(39)19-10-24(16(3)32-12-19)38-14-23(35-36-38)21-13-33-37(5)17(21)4/h9-15H,6-8H2,1-5H3,(H,34,39). The summed E-state index contributed by atoms with van der Waals surface area (Å²) in [4.78, 5) is 17.4. The number of amides is 1. The second-order valence-electron chi connectivity index (χ2n) is 9.88. The van der Waals surface area contributed by atoms with Crippen LogP contribution < -0.4 is 5.32 Å². The molecule has 0 aliphatic carbocycles. The van der Waals surface area contributed by atoms with Gasteiger partial charge in [-0.3, -0.25) is 14.5 Å². The molecule has 0 spiro atoms. The molecule has 3 heterocycles. The Hall–Kier alpha value is -3.73. The van der Waals surface area contributed by atoms with Crippen LogP contribution in [0.25, 0.3) is 16.9 Å². The molecule has 1 N–H and O–H groups in total. The highest BCUT2D eigenvalue weighted by Crippen LogP contribution is 2.39. The molecule has 0 aliphatic rings. The number of pyridine rings is 1. The second kappa shape index (κ2) is 11.2. The van der Waals surface area contributed by atoms with Crippen molar-refractivity contribution >= 4 is 23.2 Å². The summed E-state index contributed by atoms with van der Waals surface area (Å²) in [5.74, 6) is -0.206. The number of hydrogen-bond acceptors (Lipinski definition) is 5. The predicted octanol–water partition coefficient (Wildman–Crippen LogP) is 6.58. The van der Waals surface area contributed by atoms with Crippen molar-refractivity contribution in [1.82, 2.24) is 29.8 Å². The number of anilines is 1. The molecule has 39 heavy (non-hydrogen) atoms. The molecule has 0 atom stereocenters. The lowest BCUT2D eigenvalue weighted by Crippen LogP contribution is -2.16. The molecule has 8 nitrogen and oxygen atoms in total. The van der Waals surface area contributed by atoms with Crippen LogP contribution in [0.2, 0.25) is 5.02 Å². The molecule has 3 aromatic heterocycles. The Morgan fingerprint density at radius 2 is 1.90 bits per heavy atom. The molecule has 0 radical (unpaired) electrons. The summed E-state index contributed by atoms with van der Waals surface area (Å²) < 4.78 is 44.4. The van der Waals surface area contributed by atoms with Crippen molar-refractivity contribution in [2.75, 3.05) is 5.32 Å². The van der Waals surface area contributed by atoms with Gasteiger partial charge in [0.25, 0.3) is 5.91 Å². The van der Waals surface area contributed by atoms with Gasteiger partial charge in [-0.25, -0.2) is 4.68 Å². The van der Waals surface area contributed by atoms with Gasteiger partial charge in [-0.05, 0) is 56.4 Å². The normalized spacial score (nSPS) is 11.8. The van der Waals surface area contributed by atoms with Crippen LogP contribution in [0.5, 0.6) is 0 Å². The number of alkyl halides is 3. The van der Waals surface area contributed by atoms with E-state index in [0.29, 0.717) is 41.4 Å². The Morgan fingerprint density at radius 3 is 2.54 bits per heavy atom. The molecule has 0 unspecified atom stereocenters. The third-order valence-electron chi connectivity index (χ3n) is 6.51. The quantitative estimate of drug-likeness (QED) is 0.263. The van der Waals surface area contributed by atoms with Crippen LogP contribution in [-0.4, -0.2) is 35.7 Å². The predicted molar refractivity (Wildman–Crippen MR) is 143 cm³/mol. The minimum atomic E-state index is -4.67. The van der Waals surface area contributed by atoms with Crippen LogP contribution in [0, 0.1) is 19.8 Å². The maximum Gasteiger partial charge on any atom is 0.417 e. The first-order valence-corrected chi connectivity index (χ1v) is 12.8. The van der Waals surface area contributed by atoms with E-state index >= 15 is 0 Å². The van der Waals surface area contributed by atoms with Crippen LogP contribution in [0.3, 0.4) is 0 Å². The molecule has 0 aliphatic heterocycles. The molecular weight excluding hydrogens is 531 g/mol. The lowest BCUT2D eigenvalue weighted by Gasteiger charge is -2.16.